The van der Waals surface area contributed by atoms with Gasteiger partial charge in [-0.1, -0.05) is 12.1 Å². The Balaban J connectivity index is 1.17. The molecule has 1 atom stereocenters. The van der Waals surface area contributed by atoms with E-state index in [1.54, 1.807) is 23.6 Å². The van der Waals surface area contributed by atoms with E-state index < -0.39 is 17.6 Å². The van der Waals surface area contributed by atoms with Gasteiger partial charge in [0, 0.05) is 54.0 Å². The summed E-state index contributed by atoms with van der Waals surface area (Å²) in [5.74, 6) is -0.342. The summed E-state index contributed by atoms with van der Waals surface area (Å²) >= 11 is 1.39. The second kappa shape index (κ2) is 12.4. The molecule has 2 amide bonds. The van der Waals surface area contributed by atoms with Crippen LogP contribution in [0.5, 0.6) is 0 Å². The van der Waals surface area contributed by atoms with Crippen molar-refractivity contribution in [2.75, 3.05) is 43.1 Å². The molecule has 0 radical (unpaired) electrons. The van der Waals surface area contributed by atoms with Crippen molar-refractivity contribution in [1.82, 2.24) is 19.8 Å². The molecule has 2 aromatic heterocycles. The van der Waals surface area contributed by atoms with E-state index in [-0.39, 0.29) is 23.6 Å². The molecule has 236 valence electrons. The number of hydrogen-bond acceptors (Lipinski definition) is 8. The van der Waals surface area contributed by atoms with Crippen LogP contribution >= 0.6 is 11.3 Å². The smallest absolute Gasteiger partial charge is 0.366 e. The van der Waals surface area contributed by atoms with Crippen LogP contribution in [0.3, 0.4) is 0 Å². The van der Waals surface area contributed by atoms with Gasteiger partial charge in [-0.2, -0.15) is 13.2 Å². The molecule has 0 spiro atoms. The van der Waals surface area contributed by atoms with Gasteiger partial charge in [-0.15, -0.1) is 11.3 Å². The average molecular weight is 638 g/mol. The molecule has 2 fully saturated rings. The number of benzene rings is 2. The Morgan fingerprint density at radius 1 is 1.04 bits per heavy atom. The van der Waals surface area contributed by atoms with E-state index in [2.05, 4.69) is 30.8 Å². The fourth-order valence-corrected chi connectivity index (χ4v) is 6.45. The van der Waals surface area contributed by atoms with Crippen molar-refractivity contribution < 1.29 is 22.8 Å². The van der Waals surface area contributed by atoms with E-state index >= 15 is 0 Å². The second-order valence-electron chi connectivity index (χ2n) is 11.9. The zero-order chi connectivity index (χ0) is 31.9. The molecule has 13 heteroatoms. The molecule has 2 aromatic carbocycles. The number of nitrogens with zero attached hydrogens (tertiary/aromatic N) is 4. The van der Waals surface area contributed by atoms with Gasteiger partial charge >= 0.3 is 6.18 Å². The van der Waals surface area contributed by atoms with Gasteiger partial charge < -0.3 is 20.9 Å². The van der Waals surface area contributed by atoms with E-state index in [9.17, 15) is 22.8 Å². The number of anilines is 3. The normalized spacial score (nSPS) is 17.2. The molecule has 9 nitrogen and oxygen atoms in total. The molecule has 4 aromatic rings. The lowest BCUT2D eigenvalue weighted by molar-refractivity contribution is -0.138. The van der Waals surface area contributed by atoms with Gasteiger partial charge in [0.25, 0.3) is 11.8 Å². The Kier molecular flexibility index (Phi) is 8.51. The molecule has 1 aliphatic carbocycles. The number of likely N-dealkylation sites (tertiary alicyclic amines) is 1. The third kappa shape index (κ3) is 6.95. The fourth-order valence-electron chi connectivity index (χ4n) is 5.50. The molecule has 1 saturated heterocycles. The number of amides is 2. The molecule has 3 N–H and O–H groups in total. The number of rotatable bonds is 9. The highest BCUT2D eigenvalue weighted by molar-refractivity contribution is 7.18. The predicted octanol–water partition coefficient (Wildman–Crippen LogP) is 6.23. The van der Waals surface area contributed by atoms with Crippen molar-refractivity contribution in [2.45, 2.75) is 51.0 Å². The molecule has 0 bridgehead atoms. The topological polar surface area (TPSA) is 102 Å². The third-order valence-electron chi connectivity index (χ3n) is 8.31. The lowest BCUT2D eigenvalue weighted by Crippen LogP contribution is -2.31. The molecular weight excluding hydrogens is 603 g/mol. The van der Waals surface area contributed by atoms with E-state index in [0.717, 1.165) is 35.6 Å². The highest BCUT2D eigenvalue weighted by atomic mass is 32.1. The standard InChI is InChI=1S/C32H34F3N7O2S/c1-18-4-7-22(13-26(18)40-31(44)24-16-45-28-27(24)36-17-37-29(28)38-21-8-9-21)39-30(43)19-5-6-20(25(12-19)32(33,34)35)14-42-11-10-23(15-42)41(2)3/h4-7,12-13,16-17,21,23H,8-11,14-15H2,1-3H3,(H,39,43)(H,40,44)(H,36,37,38). The number of halogens is 3. The number of carbonyl (C=O) groups is 2. The highest BCUT2D eigenvalue weighted by Gasteiger charge is 2.35. The number of thiophene rings is 1. The molecule has 1 saturated carbocycles. The Bertz CT molecular complexity index is 1750. The molecule has 45 heavy (non-hydrogen) atoms. The zero-order valence-electron chi connectivity index (χ0n) is 25.2. The molecule has 1 unspecified atom stereocenters. The van der Waals surface area contributed by atoms with Crippen LogP contribution in [0, 0.1) is 6.92 Å². The second-order valence-corrected chi connectivity index (χ2v) is 12.8. The Labute approximate surface area is 262 Å². The van der Waals surface area contributed by atoms with E-state index in [0.29, 0.717) is 53.4 Å². The number of aryl methyl sites for hydroxylation is 1. The van der Waals surface area contributed by atoms with Crippen LogP contribution in [-0.2, 0) is 12.7 Å². The molecule has 6 rings (SSSR count). The van der Waals surface area contributed by atoms with Crippen molar-refractivity contribution in [3.05, 3.63) is 75.9 Å². The van der Waals surface area contributed by atoms with Crippen molar-refractivity contribution in [3.63, 3.8) is 0 Å². The number of alkyl halides is 3. The van der Waals surface area contributed by atoms with Crippen molar-refractivity contribution in [1.29, 1.82) is 0 Å². The van der Waals surface area contributed by atoms with Crippen LogP contribution < -0.4 is 16.0 Å². The summed E-state index contributed by atoms with van der Waals surface area (Å²) in [5.41, 5.74) is 1.69. The minimum absolute atomic E-state index is 0.107. The van der Waals surface area contributed by atoms with Crippen LogP contribution in [0.15, 0.2) is 48.1 Å². The van der Waals surface area contributed by atoms with E-state index in [4.69, 9.17) is 0 Å². The minimum atomic E-state index is -4.61. The van der Waals surface area contributed by atoms with Gasteiger partial charge in [-0.3, -0.25) is 14.5 Å². The zero-order valence-corrected chi connectivity index (χ0v) is 26.0. The van der Waals surface area contributed by atoms with E-state index in [1.807, 2.05) is 25.9 Å². The quantitative estimate of drug-likeness (QED) is 0.200. The van der Waals surface area contributed by atoms with Gasteiger partial charge in [-0.05, 0) is 75.7 Å². The Morgan fingerprint density at radius 3 is 2.56 bits per heavy atom. The number of carbonyl (C=O) groups excluding carboxylic acids is 2. The minimum Gasteiger partial charge on any atom is -0.366 e. The van der Waals surface area contributed by atoms with Gasteiger partial charge in [0.2, 0.25) is 0 Å². The lowest BCUT2D eigenvalue weighted by Gasteiger charge is -2.22. The molecular formula is C32H34F3N7O2S. The maximum absolute atomic E-state index is 14.1. The van der Waals surface area contributed by atoms with Crippen LogP contribution in [0.1, 0.15) is 56.7 Å². The van der Waals surface area contributed by atoms with Crippen LogP contribution in [0.4, 0.5) is 30.4 Å². The van der Waals surface area contributed by atoms with Crippen molar-refractivity contribution in [2.24, 2.45) is 0 Å². The largest absolute Gasteiger partial charge is 0.416 e. The van der Waals surface area contributed by atoms with Crippen LogP contribution in [-0.4, -0.2) is 70.9 Å². The summed E-state index contributed by atoms with van der Waals surface area (Å²) in [6.07, 6.45) is -0.116. The summed E-state index contributed by atoms with van der Waals surface area (Å²) in [5, 5.41) is 10.7. The van der Waals surface area contributed by atoms with Crippen molar-refractivity contribution >= 4 is 50.6 Å². The van der Waals surface area contributed by atoms with Gasteiger partial charge in [-0.25, -0.2) is 9.97 Å². The molecule has 2 aliphatic rings. The summed E-state index contributed by atoms with van der Waals surface area (Å²) < 4.78 is 43.1. The number of nitrogens with one attached hydrogen (secondary N) is 3. The maximum atomic E-state index is 14.1. The van der Waals surface area contributed by atoms with Gasteiger partial charge in [0.05, 0.1) is 21.3 Å². The maximum Gasteiger partial charge on any atom is 0.416 e. The first-order chi connectivity index (χ1) is 21.5. The highest BCUT2D eigenvalue weighted by Crippen LogP contribution is 2.35. The third-order valence-corrected chi connectivity index (χ3v) is 9.29. The first-order valence-electron chi connectivity index (χ1n) is 14.8. The fraction of sp³-hybridized carbons (Fsp3) is 0.375. The summed E-state index contributed by atoms with van der Waals surface area (Å²) in [4.78, 5) is 39.2. The predicted molar refractivity (Wildman–Crippen MR) is 170 cm³/mol. The summed E-state index contributed by atoms with van der Waals surface area (Å²) in [6, 6.07) is 9.37. The molecule has 3 heterocycles. The SMILES string of the molecule is Cc1ccc(NC(=O)c2ccc(CN3CCC(N(C)C)C3)c(C(F)(F)F)c2)cc1NC(=O)c1csc2c(NC3CC3)ncnc12. The van der Waals surface area contributed by atoms with Crippen LogP contribution in [0.25, 0.3) is 10.2 Å². The van der Waals surface area contributed by atoms with Gasteiger partial charge in [0.15, 0.2) is 0 Å². The summed E-state index contributed by atoms with van der Waals surface area (Å²) in [6.45, 7) is 3.37. The summed E-state index contributed by atoms with van der Waals surface area (Å²) in [7, 11) is 3.94. The molecule has 1 aliphatic heterocycles. The number of fused-ring (bicyclic) bond motifs is 1. The first-order valence-corrected chi connectivity index (χ1v) is 15.6. The number of aromatic nitrogens is 2. The van der Waals surface area contributed by atoms with Crippen molar-refractivity contribution in [3.8, 4) is 0 Å². The Morgan fingerprint density at radius 2 is 1.84 bits per heavy atom. The Hall–Kier alpha value is -4.07. The average Bonchev–Trinajstić information content (AvgIpc) is 3.49. The monoisotopic (exact) mass is 637 g/mol. The number of likely N-dealkylation sites (N-methyl/N-ethyl adjacent to an activating group) is 1. The van der Waals surface area contributed by atoms with Gasteiger partial charge in [0.1, 0.15) is 12.1 Å². The number of hydrogen-bond donors (Lipinski definition) is 3. The first kappa shape index (κ1) is 30.9. The van der Waals surface area contributed by atoms with E-state index in [1.165, 1.54) is 29.8 Å². The lowest BCUT2D eigenvalue weighted by atomic mass is 10.0. The van der Waals surface area contributed by atoms with Crippen LogP contribution in [0.2, 0.25) is 0 Å².